The lowest BCUT2D eigenvalue weighted by atomic mass is 10.2. The fourth-order valence-electron chi connectivity index (χ4n) is 2.71. The maximum absolute atomic E-state index is 12.2. The first kappa shape index (κ1) is 16.8. The molecule has 1 heterocycles. The van der Waals surface area contributed by atoms with Crippen LogP contribution in [0, 0.1) is 6.92 Å². The van der Waals surface area contributed by atoms with Crippen molar-refractivity contribution in [3.05, 3.63) is 54.1 Å². The predicted octanol–water partition coefficient (Wildman–Crippen LogP) is 3.71. The number of carbonyl (C=O) groups excluding carboxylic acids is 1. The molecule has 1 aliphatic rings. The third-order valence-electron chi connectivity index (χ3n) is 4.26. The molecule has 1 fully saturated rings. The molecule has 0 aliphatic heterocycles. The van der Waals surface area contributed by atoms with Crippen LogP contribution < -0.4 is 5.32 Å². The lowest BCUT2D eigenvalue weighted by molar-refractivity contribution is -0.113. The first-order valence-electron chi connectivity index (χ1n) is 8.57. The van der Waals surface area contributed by atoms with Gasteiger partial charge in [0.15, 0.2) is 5.82 Å². The van der Waals surface area contributed by atoms with E-state index in [1.165, 1.54) is 5.56 Å². The van der Waals surface area contributed by atoms with E-state index in [2.05, 4.69) is 20.8 Å². The molecule has 0 radical (unpaired) electrons. The molecule has 3 aromatic rings. The Morgan fingerprint density at radius 2 is 1.96 bits per heavy atom. The van der Waals surface area contributed by atoms with Crippen LogP contribution in [0.15, 0.2) is 53.4 Å². The second kappa shape index (κ2) is 7.29. The van der Waals surface area contributed by atoms with Gasteiger partial charge in [-0.05, 0) is 66.1 Å². The number of rotatable bonds is 6. The quantitative estimate of drug-likeness (QED) is 0.674. The van der Waals surface area contributed by atoms with Gasteiger partial charge in [-0.1, -0.05) is 18.2 Å². The summed E-state index contributed by atoms with van der Waals surface area (Å²) in [4.78, 5) is 13.3. The van der Waals surface area contributed by atoms with Crippen LogP contribution in [0.3, 0.4) is 0 Å². The van der Waals surface area contributed by atoms with Crippen LogP contribution >= 0.6 is 11.8 Å². The smallest absolute Gasteiger partial charge is 0.234 e. The number of benzene rings is 2. The highest BCUT2D eigenvalue weighted by Crippen LogP contribution is 2.36. The Bertz CT molecular complexity index is 918. The number of carbonyl (C=O) groups is 1. The average Bonchev–Trinajstić information content (AvgIpc) is 3.38. The molecule has 1 aromatic heterocycles. The topological polar surface area (TPSA) is 72.7 Å². The number of anilines is 1. The van der Waals surface area contributed by atoms with Crippen molar-refractivity contribution in [3.63, 3.8) is 0 Å². The van der Waals surface area contributed by atoms with E-state index in [0.29, 0.717) is 11.8 Å². The number of hydrogen-bond donors (Lipinski definition) is 1. The predicted molar refractivity (Wildman–Crippen MR) is 102 cm³/mol. The first-order chi connectivity index (χ1) is 12.7. The van der Waals surface area contributed by atoms with E-state index in [4.69, 9.17) is 0 Å². The van der Waals surface area contributed by atoms with E-state index in [-0.39, 0.29) is 5.91 Å². The minimum Gasteiger partial charge on any atom is -0.325 e. The maximum Gasteiger partial charge on any atom is 0.234 e. The number of aromatic nitrogens is 4. The minimum absolute atomic E-state index is 0.0196. The van der Waals surface area contributed by atoms with Gasteiger partial charge in [-0.3, -0.25) is 4.79 Å². The van der Waals surface area contributed by atoms with E-state index >= 15 is 0 Å². The Balaban J connectivity index is 1.37. The number of nitrogens with one attached hydrogen (secondary N) is 1. The van der Waals surface area contributed by atoms with Crippen LogP contribution in [0.2, 0.25) is 0 Å². The molecule has 0 unspecified atom stereocenters. The Morgan fingerprint density at radius 3 is 2.69 bits per heavy atom. The number of nitrogens with zero attached hydrogens (tertiary/aromatic N) is 4. The zero-order chi connectivity index (χ0) is 17.9. The van der Waals surface area contributed by atoms with Gasteiger partial charge in [-0.2, -0.15) is 0 Å². The first-order valence-corrected chi connectivity index (χ1v) is 9.56. The minimum atomic E-state index is -0.0196. The monoisotopic (exact) mass is 365 g/mol. The zero-order valence-corrected chi connectivity index (χ0v) is 15.2. The Kier molecular flexibility index (Phi) is 4.71. The molecule has 1 N–H and O–H groups in total. The standard InChI is InChI=1S/C19H19N5OS/c1-13-4-2-3-5-17(13)26-12-18(25)20-15-8-6-14(7-9-15)19-21-22-23-24(19)16-10-11-16/h2-9,16H,10-12H2,1H3,(H,20,25). The average molecular weight is 365 g/mol. The van der Waals surface area contributed by atoms with Crippen molar-refractivity contribution in [1.82, 2.24) is 20.2 Å². The van der Waals surface area contributed by atoms with Gasteiger partial charge in [-0.15, -0.1) is 16.9 Å². The summed E-state index contributed by atoms with van der Waals surface area (Å²) in [7, 11) is 0. The summed E-state index contributed by atoms with van der Waals surface area (Å²) >= 11 is 1.55. The number of amides is 1. The molecular formula is C19H19N5OS. The van der Waals surface area contributed by atoms with Crippen molar-refractivity contribution in [2.75, 3.05) is 11.1 Å². The SMILES string of the molecule is Cc1ccccc1SCC(=O)Nc1ccc(-c2nnnn2C2CC2)cc1. The van der Waals surface area contributed by atoms with E-state index in [1.54, 1.807) is 11.8 Å². The number of hydrogen-bond acceptors (Lipinski definition) is 5. The Hall–Kier alpha value is -2.67. The zero-order valence-electron chi connectivity index (χ0n) is 14.4. The second-order valence-electron chi connectivity index (χ2n) is 6.36. The number of aryl methyl sites for hydroxylation is 1. The fourth-order valence-corrected chi connectivity index (χ4v) is 3.54. The Morgan fingerprint density at radius 1 is 1.19 bits per heavy atom. The van der Waals surface area contributed by atoms with Crippen molar-refractivity contribution >= 4 is 23.4 Å². The highest BCUT2D eigenvalue weighted by atomic mass is 32.2. The summed E-state index contributed by atoms with van der Waals surface area (Å²) in [5.74, 6) is 1.14. The van der Waals surface area contributed by atoms with Crippen molar-refractivity contribution in [1.29, 1.82) is 0 Å². The van der Waals surface area contributed by atoms with Crippen LogP contribution in [0.5, 0.6) is 0 Å². The molecule has 2 aromatic carbocycles. The van der Waals surface area contributed by atoms with Crippen LogP contribution in [-0.2, 0) is 4.79 Å². The van der Waals surface area contributed by atoms with Crippen molar-refractivity contribution in [2.24, 2.45) is 0 Å². The van der Waals surface area contributed by atoms with Gasteiger partial charge in [0.05, 0.1) is 11.8 Å². The fraction of sp³-hybridized carbons (Fsp3) is 0.263. The van der Waals surface area contributed by atoms with Gasteiger partial charge in [-0.25, -0.2) is 4.68 Å². The van der Waals surface area contributed by atoms with Crippen LogP contribution in [0.1, 0.15) is 24.4 Å². The molecule has 6 nitrogen and oxygen atoms in total. The summed E-state index contributed by atoms with van der Waals surface area (Å²) in [5, 5.41) is 14.9. The van der Waals surface area contributed by atoms with Crippen LogP contribution in [0.25, 0.3) is 11.4 Å². The van der Waals surface area contributed by atoms with Gasteiger partial charge in [0, 0.05) is 16.1 Å². The highest BCUT2D eigenvalue weighted by molar-refractivity contribution is 8.00. The normalized spacial score (nSPS) is 13.6. The van der Waals surface area contributed by atoms with Crippen molar-refractivity contribution < 1.29 is 4.79 Å². The van der Waals surface area contributed by atoms with Crippen LogP contribution in [0.4, 0.5) is 5.69 Å². The third-order valence-corrected chi connectivity index (χ3v) is 5.44. The summed E-state index contributed by atoms with van der Waals surface area (Å²) in [6, 6.07) is 16.2. The molecule has 0 atom stereocenters. The van der Waals surface area contributed by atoms with Gasteiger partial charge in [0.25, 0.3) is 0 Å². The summed E-state index contributed by atoms with van der Waals surface area (Å²) in [5.41, 5.74) is 2.91. The molecular weight excluding hydrogens is 346 g/mol. The van der Waals surface area contributed by atoms with E-state index in [0.717, 1.165) is 34.8 Å². The second-order valence-corrected chi connectivity index (χ2v) is 7.38. The molecule has 1 saturated carbocycles. The molecule has 1 amide bonds. The summed E-state index contributed by atoms with van der Waals surface area (Å²) < 4.78 is 1.88. The van der Waals surface area contributed by atoms with Gasteiger partial charge >= 0.3 is 0 Å². The van der Waals surface area contributed by atoms with Gasteiger partial charge in [0.1, 0.15) is 0 Å². The van der Waals surface area contributed by atoms with Gasteiger partial charge in [0.2, 0.25) is 5.91 Å². The molecule has 0 spiro atoms. The maximum atomic E-state index is 12.2. The van der Waals surface area contributed by atoms with Crippen LogP contribution in [-0.4, -0.2) is 31.9 Å². The molecule has 0 bridgehead atoms. The molecule has 132 valence electrons. The van der Waals surface area contributed by atoms with Gasteiger partial charge < -0.3 is 5.32 Å². The third kappa shape index (κ3) is 3.77. The largest absolute Gasteiger partial charge is 0.325 e. The van der Waals surface area contributed by atoms with Crippen molar-refractivity contribution in [3.8, 4) is 11.4 Å². The van der Waals surface area contributed by atoms with E-state index in [9.17, 15) is 4.79 Å². The summed E-state index contributed by atoms with van der Waals surface area (Å²) in [6.45, 7) is 2.05. The molecule has 26 heavy (non-hydrogen) atoms. The molecule has 0 saturated heterocycles. The van der Waals surface area contributed by atoms with Crippen molar-refractivity contribution in [2.45, 2.75) is 30.7 Å². The summed E-state index contributed by atoms with van der Waals surface area (Å²) in [6.07, 6.45) is 2.26. The molecule has 4 rings (SSSR count). The van der Waals surface area contributed by atoms with E-state index in [1.807, 2.05) is 60.1 Å². The highest BCUT2D eigenvalue weighted by Gasteiger charge is 2.28. The lowest BCUT2D eigenvalue weighted by Crippen LogP contribution is -2.14. The number of tetrazole rings is 1. The lowest BCUT2D eigenvalue weighted by Gasteiger charge is -2.08. The molecule has 7 heteroatoms. The Labute approximate surface area is 156 Å². The van der Waals surface area contributed by atoms with E-state index < -0.39 is 0 Å². The number of thioether (sulfide) groups is 1. The molecule has 1 aliphatic carbocycles.